The molecule has 1 aliphatic heterocycles. The van der Waals surface area contributed by atoms with Gasteiger partial charge < -0.3 is 10.2 Å². The molecule has 6 rings (SSSR count). The summed E-state index contributed by atoms with van der Waals surface area (Å²) in [6.45, 7) is 7.92. The topological polar surface area (TPSA) is 87.8 Å². The Bertz CT molecular complexity index is 1790. The summed E-state index contributed by atoms with van der Waals surface area (Å²) in [5.41, 5.74) is 3.99. The lowest BCUT2D eigenvalue weighted by Crippen LogP contribution is -2.47. The van der Waals surface area contributed by atoms with Crippen LogP contribution in [0.1, 0.15) is 29.8 Å². The Morgan fingerprint density at radius 3 is 2.53 bits per heavy atom. The molecule has 0 aliphatic carbocycles. The number of anilines is 1. The molecule has 1 fully saturated rings. The van der Waals surface area contributed by atoms with Crippen LogP contribution < -0.4 is 15.8 Å². The fraction of sp³-hybridized carbons (Fsp3) is 0.333. The molecule has 1 amide bonds. The molecular weight excluding hydrogens is 562 g/mol. The average Bonchev–Trinajstić information content (AvgIpc) is 3.45. The van der Waals surface area contributed by atoms with Crippen LogP contribution in [0.3, 0.4) is 0 Å². The maximum absolute atomic E-state index is 13.5. The second-order valence-corrected chi connectivity index (χ2v) is 11.6. The molecule has 0 radical (unpaired) electrons. The number of fused-ring (bicyclic) bond motifs is 3. The van der Waals surface area contributed by atoms with E-state index < -0.39 is 0 Å². The predicted octanol–water partition coefficient (Wildman–Crippen LogP) is 4.32. The predicted molar refractivity (Wildman–Crippen MR) is 171 cm³/mol. The van der Waals surface area contributed by atoms with Crippen molar-refractivity contribution in [3.63, 3.8) is 0 Å². The molecule has 0 spiro atoms. The van der Waals surface area contributed by atoms with E-state index in [0.717, 1.165) is 60.8 Å². The number of carbonyl (C=O) groups is 1. The van der Waals surface area contributed by atoms with Crippen LogP contribution in [0.2, 0.25) is 5.02 Å². The largest absolute Gasteiger partial charge is 0.369 e. The summed E-state index contributed by atoms with van der Waals surface area (Å²) < 4.78 is 3.58. The number of piperazine rings is 1. The lowest BCUT2D eigenvalue weighted by molar-refractivity contribution is -0.121. The molecule has 3 aromatic carbocycles. The number of nitrogens with one attached hydrogen (secondary N) is 1. The minimum Gasteiger partial charge on any atom is -0.369 e. The molecule has 1 aliphatic rings. The van der Waals surface area contributed by atoms with Gasteiger partial charge in [-0.25, -0.2) is 0 Å². The fourth-order valence-electron chi connectivity index (χ4n) is 5.74. The van der Waals surface area contributed by atoms with Crippen molar-refractivity contribution in [2.45, 2.75) is 32.7 Å². The standard InChI is InChI=1S/C33H36ClN7O2/c1-24-10-12-25(13-11-24)23-40-32(43)28-8-2-3-9-29(28)41-30(36-37-33(40)41)14-15-31(42)35-16-5-17-38-18-20-39(21-19-38)27-7-4-6-26(34)22-27/h2-4,6-13,22H,5,14-21,23H2,1H3,(H,35,42). The molecule has 3 heterocycles. The molecule has 9 nitrogen and oxygen atoms in total. The van der Waals surface area contributed by atoms with Crippen LogP contribution in [-0.4, -0.2) is 69.2 Å². The van der Waals surface area contributed by atoms with Gasteiger partial charge in [0.15, 0.2) is 0 Å². The Morgan fingerprint density at radius 1 is 0.953 bits per heavy atom. The van der Waals surface area contributed by atoms with Gasteiger partial charge in [0, 0.05) is 56.3 Å². The van der Waals surface area contributed by atoms with E-state index in [1.165, 1.54) is 5.69 Å². The zero-order valence-electron chi connectivity index (χ0n) is 24.4. The molecular formula is C33H36ClN7O2. The van der Waals surface area contributed by atoms with Gasteiger partial charge in [0.2, 0.25) is 11.7 Å². The summed E-state index contributed by atoms with van der Waals surface area (Å²) in [5, 5.41) is 13.3. The van der Waals surface area contributed by atoms with Crippen LogP contribution in [0.4, 0.5) is 5.69 Å². The van der Waals surface area contributed by atoms with Gasteiger partial charge >= 0.3 is 0 Å². The second-order valence-electron chi connectivity index (χ2n) is 11.2. The first-order valence-corrected chi connectivity index (χ1v) is 15.2. The number of aryl methyl sites for hydroxylation is 2. The van der Waals surface area contributed by atoms with Crippen LogP contribution >= 0.6 is 11.6 Å². The van der Waals surface area contributed by atoms with Crippen molar-refractivity contribution in [3.8, 4) is 0 Å². The van der Waals surface area contributed by atoms with Crippen LogP contribution in [-0.2, 0) is 17.8 Å². The molecule has 222 valence electrons. The molecule has 43 heavy (non-hydrogen) atoms. The summed E-state index contributed by atoms with van der Waals surface area (Å²) in [4.78, 5) is 31.0. The second kappa shape index (κ2) is 13.0. The number of nitrogens with zero attached hydrogens (tertiary/aromatic N) is 6. The van der Waals surface area contributed by atoms with E-state index in [2.05, 4.69) is 31.4 Å². The van der Waals surface area contributed by atoms with Crippen molar-refractivity contribution in [2.24, 2.45) is 0 Å². The minimum absolute atomic E-state index is 0.0141. The van der Waals surface area contributed by atoms with Crippen LogP contribution in [0.25, 0.3) is 16.7 Å². The number of rotatable bonds is 10. The third-order valence-corrected chi connectivity index (χ3v) is 8.37. The summed E-state index contributed by atoms with van der Waals surface area (Å²) in [6.07, 6.45) is 1.61. The van der Waals surface area contributed by atoms with Crippen molar-refractivity contribution in [1.29, 1.82) is 0 Å². The number of aromatic nitrogens is 4. The first kappa shape index (κ1) is 28.9. The molecule has 0 saturated carbocycles. The van der Waals surface area contributed by atoms with Crippen molar-refractivity contribution in [1.82, 2.24) is 29.4 Å². The van der Waals surface area contributed by atoms with Gasteiger partial charge in [0.25, 0.3) is 5.56 Å². The molecule has 0 bridgehead atoms. The van der Waals surface area contributed by atoms with E-state index in [9.17, 15) is 9.59 Å². The minimum atomic E-state index is -0.105. The van der Waals surface area contributed by atoms with Gasteiger partial charge in [-0.05, 0) is 55.8 Å². The zero-order chi connectivity index (χ0) is 29.8. The van der Waals surface area contributed by atoms with E-state index in [4.69, 9.17) is 11.6 Å². The Kier molecular flexibility index (Phi) is 8.72. The summed E-state index contributed by atoms with van der Waals surface area (Å²) in [5.74, 6) is 1.13. The van der Waals surface area contributed by atoms with Crippen molar-refractivity contribution in [3.05, 3.63) is 105 Å². The van der Waals surface area contributed by atoms with Crippen molar-refractivity contribution in [2.75, 3.05) is 44.2 Å². The molecule has 1 saturated heterocycles. The summed E-state index contributed by atoms with van der Waals surface area (Å²) >= 11 is 6.15. The number of halogens is 1. The highest BCUT2D eigenvalue weighted by molar-refractivity contribution is 6.30. The summed E-state index contributed by atoms with van der Waals surface area (Å²) in [7, 11) is 0. The SMILES string of the molecule is Cc1ccc(Cn2c(=O)c3ccccc3n3c(CCC(=O)NCCCN4CCN(c5cccc(Cl)c5)CC4)nnc23)cc1. The lowest BCUT2D eigenvalue weighted by Gasteiger charge is -2.36. The highest BCUT2D eigenvalue weighted by Crippen LogP contribution is 2.21. The number of carbonyl (C=O) groups excluding carboxylic acids is 1. The first-order chi connectivity index (χ1) is 21.0. The maximum Gasteiger partial charge on any atom is 0.263 e. The van der Waals surface area contributed by atoms with Crippen LogP contribution in [0.5, 0.6) is 0 Å². The van der Waals surface area contributed by atoms with E-state index in [1.54, 1.807) is 4.57 Å². The van der Waals surface area contributed by atoms with Crippen molar-refractivity contribution >= 4 is 39.9 Å². The Labute approximate surface area is 255 Å². The number of hydrogen-bond donors (Lipinski definition) is 1. The van der Waals surface area contributed by atoms with Gasteiger partial charge in [0.1, 0.15) is 5.82 Å². The number of benzene rings is 3. The summed E-state index contributed by atoms with van der Waals surface area (Å²) in [6, 6.07) is 23.6. The van der Waals surface area contributed by atoms with E-state index in [-0.39, 0.29) is 11.5 Å². The monoisotopic (exact) mass is 597 g/mol. The highest BCUT2D eigenvalue weighted by Gasteiger charge is 2.19. The number of hydrogen-bond acceptors (Lipinski definition) is 6. The Balaban J connectivity index is 1.04. The van der Waals surface area contributed by atoms with Gasteiger partial charge in [-0.15, -0.1) is 10.2 Å². The smallest absolute Gasteiger partial charge is 0.263 e. The molecule has 1 N–H and O–H groups in total. The molecule has 5 aromatic rings. The van der Waals surface area contributed by atoms with E-state index in [0.29, 0.717) is 42.9 Å². The molecule has 2 aromatic heterocycles. The number of para-hydroxylation sites is 1. The van der Waals surface area contributed by atoms with Crippen LogP contribution in [0.15, 0.2) is 77.6 Å². The molecule has 0 atom stereocenters. The first-order valence-electron chi connectivity index (χ1n) is 14.9. The van der Waals surface area contributed by atoms with E-state index in [1.807, 2.05) is 78.1 Å². The highest BCUT2D eigenvalue weighted by atomic mass is 35.5. The molecule has 10 heteroatoms. The van der Waals surface area contributed by atoms with Gasteiger partial charge in [0.05, 0.1) is 17.4 Å². The normalized spacial score (nSPS) is 14.0. The van der Waals surface area contributed by atoms with Crippen LogP contribution in [0, 0.1) is 6.92 Å². The fourth-order valence-corrected chi connectivity index (χ4v) is 5.93. The van der Waals surface area contributed by atoms with Crippen molar-refractivity contribution < 1.29 is 4.79 Å². The van der Waals surface area contributed by atoms with E-state index >= 15 is 0 Å². The van der Waals surface area contributed by atoms with Gasteiger partial charge in [-0.1, -0.05) is 59.6 Å². The third kappa shape index (κ3) is 6.58. The quantitative estimate of drug-likeness (QED) is 0.241. The Morgan fingerprint density at radius 2 is 1.74 bits per heavy atom. The van der Waals surface area contributed by atoms with Gasteiger partial charge in [-0.3, -0.25) is 23.5 Å². The average molecular weight is 598 g/mol. The third-order valence-electron chi connectivity index (χ3n) is 8.13. The molecule has 0 unspecified atom stereocenters. The maximum atomic E-state index is 13.5. The Hall–Kier alpha value is -4.21. The number of amides is 1. The lowest BCUT2D eigenvalue weighted by atomic mass is 10.1. The van der Waals surface area contributed by atoms with Gasteiger partial charge in [-0.2, -0.15) is 0 Å². The zero-order valence-corrected chi connectivity index (χ0v) is 25.1.